The van der Waals surface area contributed by atoms with E-state index >= 15 is 0 Å². The summed E-state index contributed by atoms with van der Waals surface area (Å²) in [5.41, 5.74) is 1.47. The standard InChI is InChI=1S/C3H3N2OP/c6-7-2-1-5(7)4-3(2)7/h2H,1H2. The highest BCUT2D eigenvalue weighted by molar-refractivity contribution is 7.95. The summed E-state index contributed by atoms with van der Waals surface area (Å²) in [5.74, 6) is 0. The summed E-state index contributed by atoms with van der Waals surface area (Å²) < 4.78 is 12.6. The van der Waals surface area contributed by atoms with Crippen molar-refractivity contribution in [2.24, 2.45) is 5.10 Å². The fourth-order valence-electron chi connectivity index (χ4n) is 1.27. The van der Waals surface area contributed by atoms with E-state index in [-0.39, 0.29) is 0 Å². The third-order valence-electron chi connectivity index (χ3n) is 1.88. The Morgan fingerprint density at radius 1 is 2.00 bits per heavy atom. The van der Waals surface area contributed by atoms with Crippen molar-refractivity contribution in [3.8, 4) is 0 Å². The second-order valence-corrected chi connectivity index (χ2v) is 4.94. The van der Waals surface area contributed by atoms with Crippen LogP contribution in [0.5, 0.6) is 0 Å². The first kappa shape index (κ1) is 2.88. The van der Waals surface area contributed by atoms with Crippen LogP contribution < -0.4 is 0 Å². The maximum atomic E-state index is 10.9. The molecule has 0 aromatic rings. The second-order valence-electron chi connectivity index (χ2n) is 2.15. The highest BCUT2D eigenvalue weighted by Crippen LogP contribution is 2.86. The lowest BCUT2D eigenvalue weighted by molar-refractivity contribution is 0.424. The van der Waals surface area contributed by atoms with Gasteiger partial charge in [-0.25, -0.2) is 4.78 Å². The molecule has 36 valence electrons. The van der Waals surface area contributed by atoms with E-state index in [1.54, 1.807) is 4.78 Å². The largest absolute Gasteiger partial charge is 0.291 e. The van der Waals surface area contributed by atoms with Gasteiger partial charge in [-0.15, -0.1) is 0 Å². The Morgan fingerprint density at radius 2 is 2.86 bits per heavy atom. The molecule has 0 aromatic carbocycles. The molecule has 0 spiro atoms. The highest BCUT2D eigenvalue weighted by atomic mass is 31.2. The van der Waals surface area contributed by atoms with Crippen molar-refractivity contribution < 1.29 is 4.57 Å². The van der Waals surface area contributed by atoms with Crippen molar-refractivity contribution in [2.45, 2.75) is 5.66 Å². The molecular weight excluding hydrogens is 111 g/mol. The lowest BCUT2D eigenvalue weighted by Crippen LogP contribution is -2.22. The normalized spacial score (nSPS) is 59.1. The highest BCUT2D eigenvalue weighted by Gasteiger charge is 2.79. The van der Waals surface area contributed by atoms with Gasteiger partial charge < -0.3 is 0 Å². The quantitative estimate of drug-likeness (QED) is 0.424. The van der Waals surface area contributed by atoms with Crippen molar-refractivity contribution in [1.29, 1.82) is 0 Å². The molecule has 3 aliphatic rings. The number of rotatable bonds is 0. The first-order valence-corrected chi connectivity index (χ1v) is 4.03. The van der Waals surface area contributed by atoms with E-state index in [4.69, 9.17) is 0 Å². The molecule has 2 atom stereocenters. The zero-order valence-electron chi connectivity index (χ0n) is 3.53. The molecule has 2 unspecified atom stereocenters. The third-order valence-corrected chi connectivity index (χ3v) is 4.85. The van der Waals surface area contributed by atoms with E-state index in [0.29, 0.717) is 5.66 Å². The van der Waals surface area contributed by atoms with Crippen molar-refractivity contribution in [1.82, 2.24) is 4.78 Å². The Balaban J connectivity index is 2.52. The Kier molecular flexibility index (Phi) is 0.185. The molecule has 4 heteroatoms. The van der Waals surface area contributed by atoms with E-state index in [1.807, 2.05) is 0 Å². The first-order chi connectivity index (χ1) is 3.33. The van der Waals surface area contributed by atoms with Crippen molar-refractivity contribution in [3.63, 3.8) is 0 Å². The summed E-state index contributed by atoms with van der Waals surface area (Å²) in [5, 5.41) is 3.93. The molecule has 3 aliphatic heterocycles. The number of fused-ring (bicyclic) bond motifs is 1. The van der Waals surface area contributed by atoms with Gasteiger partial charge in [0, 0.05) is 0 Å². The molecule has 2 saturated heterocycles. The van der Waals surface area contributed by atoms with E-state index in [0.717, 1.165) is 12.0 Å². The van der Waals surface area contributed by atoms with Crippen LogP contribution >= 0.6 is 7.29 Å². The SMILES string of the molecule is O=P12C3=NN1CC32. The lowest BCUT2D eigenvalue weighted by atomic mass is 10.5. The van der Waals surface area contributed by atoms with Gasteiger partial charge in [0.05, 0.1) is 6.54 Å². The topological polar surface area (TPSA) is 32.7 Å². The summed E-state index contributed by atoms with van der Waals surface area (Å²) in [6.45, 7) is 0.965. The predicted molar refractivity (Wildman–Crippen MR) is 25.5 cm³/mol. The molecule has 3 rings (SSSR count). The molecule has 0 amide bonds. The van der Waals surface area contributed by atoms with Gasteiger partial charge in [0.15, 0.2) is 0 Å². The van der Waals surface area contributed by atoms with Gasteiger partial charge in [-0.1, -0.05) is 0 Å². The van der Waals surface area contributed by atoms with E-state index < -0.39 is 7.29 Å². The molecule has 0 aliphatic carbocycles. The van der Waals surface area contributed by atoms with Gasteiger partial charge in [-0.05, 0) is 0 Å². The number of nitrogens with zero attached hydrogens (tertiary/aromatic N) is 2. The molecule has 0 radical (unpaired) electrons. The van der Waals surface area contributed by atoms with Gasteiger partial charge in [-0.3, -0.25) is 4.57 Å². The Hall–Kier alpha value is -0.300. The molecule has 3 heterocycles. The fraction of sp³-hybridized carbons (Fsp3) is 0.667. The number of hydrogen-bond donors (Lipinski definition) is 0. The molecule has 3 nitrogen and oxygen atoms in total. The maximum Gasteiger partial charge on any atom is 0.243 e. The van der Waals surface area contributed by atoms with E-state index in [1.165, 1.54) is 0 Å². The smallest absolute Gasteiger partial charge is 0.243 e. The minimum absolute atomic E-state index is 0.451. The minimum atomic E-state index is -1.71. The Labute approximate surface area is 40.4 Å². The van der Waals surface area contributed by atoms with Crippen LogP contribution in [0.15, 0.2) is 5.10 Å². The van der Waals surface area contributed by atoms with Gasteiger partial charge >= 0.3 is 0 Å². The summed E-state index contributed by atoms with van der Waals surface area (Å²) in [6.07, 6.45) is 0. The van der Waals surface area contributed by atoms with Crippen LogP contribution in [0.1, 0.15) is 0 Å². The summed E-state index contributed by atoms with van der Waals surface area (Å²) >= 11 is 0. The monoisotopic (exact) mass is 114 g/mol. The second kappa shape index (κ2) is 0.451. The zero-order valence-corrected chi connectivity index (χ0v) is 4.43. The van der Waals surface area contributed by atoms with Crippen LogP contribution in [-0.4, -0.2) is 22.4 Å². The van der Waals surface area contributed by atoms with Gasteiger partial charge in [0.25, 0.3) is 0 Å². The average molecular weight is 114 g/mol. The van der Waals surface area contributed by atoms with E-state index in [9.17, 15) is 4.57 Å². The molecule has 0 aromatic heterocycles. The lowest BCUT2D eigenvalue weighted by Gasteiger charge is -2.25. The maximum absolute atomic E-state index is 10.9. The van der Waals surface area contributed by atoms with Gasteiger partial charge in [-0.2, -0.15) is 5.10 Å². The van der Waals surface area contributed by atoms with Crippen LogP contribution in [0.3, 0.4) is 0 Å². The summed E-state index contributed by atoms with van der Waals surface area (Å²) in [7, 11) is -1.71. The third kappa shape index (κ3) is 0.102. The molecule has 0 saturated carbocycles. The number of hydrogen-bond acceptors (Lipinski definition) is 2. The minimum Gasteiger partial charge on any atom is -0.291 e. The van der Waals surface area contributed by atoms with Crippen molar-refractivity contribution >= 4 is 12.7 Å². The molecule has 7 heavy (non-hydrogen) atoms. The van der Waals surface area contributed by atoms with Gasteiger partial charge in [0.1, 0.15) is 11.1 Å². The van der Waals surface area contributed by atoms with Crippen LogP contribution in [0.4, 0.5) is 0 Å². The van der Waals surface area contributed by atoms with Crippen LogP contribution in [-0.2, 0) is 4.57 Å². The molecule has 0 bridgehead atoms. The van der Waals surface area contributed by atoms with Crippen molar-refractivity contribution in [3.05, 3.63) is 0 Å². The predicted octanol–water partition coefficient (Wildman–Crippen LogP) is 0.289. The zero-order chi connectivity index (χ0) is 4.65. The Morgan fingerprint density at radius 3 is 2.86 bits per heavy atom. The molecule has 2 fully saturated rings. The molecule has 0 N–H and O–H groups in total. The molecular formula is C3H3N2OP. The first-order valence-electron chi connectivity index (χ1n) is 2.30. The number of hydrazone groups is 1. The van der Waals surface area contributed by atoms with Gasteiger partial charge in [0.2, 0.25) is 7.29 Å². The summed E-state index contributed by atoms with van der Waals surface area (Å²) in [6, 6.07) is 0. The summed E-state index contributed by atoms with van der Waals surface area (Å²) in [4.78, 5) is 0. The average Bonchev–Trinajstić information content (AvgIpc) is 2.27. The van der Waals surface area contributed by atoms with E-state index in [2.05, 4.69) is 5.10 Å². The van der Waals surface area contributed by atoms with Crippen LogP contribution in [0.2, 0.25) is 0 Å². The van der Waals surface area contributed by atoms with Crippen LogP contribution in [0.25, 0.3) is 0 Å². The van der Waals surface area contributed by atoms with Crippen molar-refractivity contribution in [2.75, 3.05) is 6.54 Å². The fourth-order valence-corrected chi connectivity index (χ4v) is 3.70. The Bertz CT molecular complexity index is 225. The van der Waals surface area contributed by atoms with Crippen LogP contribution in [0, 0.1) is 0 Å².